The normalized spacial score (nSPS) is 11.4. The van der Waals surface area contributed by atoms with Gasteiger partial charge in [-0.25, -0.2) is 9.97 Å². The summed E-state index contributed by atoms with van der Waals surface area (Å²) in [5.41, 5.74) is 3.47. The number of aryl methyl sites for hydroxylation is 1. The van der Waals surface area contributed by atoms with Crippen molar-refractivity contribution >= 4 is 11.0 Å². The Bertz CT molecular complexity index is 429. The fourth-order valence-corrected chi connectivity index (χ4v) is 1.56. The molecule has 0 saturated heterocycles. The second-order valence-electron chi connectivity index (χ2n) is 3.61. The average molecular weight is 175 g/mol. The molecule has 2 rings (SSSR count). The Kier molecular flexibility index (Phi) is 1.79. The lowest BCUT2D eigenvalue weighted by Gasteiger charge is -1.99. The van der Waals surface area contributed by atoms with E-state index in [-0.39, 0.29) is 0 Å². The van der Waals surface area contributed by atoms with Crippen LogP contribution in [0.25, 0.3) is 11.0 Å². The van der Waals surface area contributed by atoms with E-state index in [4.69, 9.17) is 0 Å². The van der Waals surface area contributed by atoms with Crippen molar-refractivity contribution in [1.82, 2.24) is 14.5 Å². The smallest absolute Gasteiger partial charge is 0.116 e. The maximum Gasteiger partial charge on any atom is 0.116 e. The molecule has 3 heteroatoms. The predicted octanol–water partition coefficient (Wildman–Crippen LogP) is 2.09. The van der Waals surface area contributed by atoms with Gasteiger partial charge in [-0.2, -0.15) is 0 Å². The molecule has 2 heterocycles. The van der Waals surface area contributed by atoms with Gasteiger partial charge in [-0.1, -0.05) is 13.8 Å². The highest BCUT2D eigenvalue weighted by molar-refractivity contribution is 5.79. The SMILES string of the molecule is CC(C)c1cn(C)c2cncnc12. The number of hydrogen-bond acceptors (Lipinski definition) is 2. The molecule has 0 bridgehead atoms. The molecule has 0 aliphatic heterocycles. The highest BCUT2D eigenvalue weighted by Gasteiger charge is 2.09. The van der Waals surface area contributed by atoms with Crippen molar-refractivity contribution in [2.75, 3.05) is 0 Å². The molecule has 0 fully saturated rings. The van der Waals surface area contributed by atoms with Crippen LogP contribution in [0.15, 0.2) is 18.7 Å². The first-order chi connectivity index (χ1) is 6.20. The van der Waals surface area contributed by atoms with Crippen LogP contribution < -0.4 is 0 Å². The minimum Gasteiger partial charge on any atom is -0.348 e. The molecule has 13 heavy (non-hydrogen) atoms. The number of hydrogen-bond donors (Lipinski definition) is 0. The Morgan fingerprint density at radius 3 is 2.85 bits per heavy atom. The van der Waals surface area contributed by atoms with E-state index in [1.807, 2.05) is 13.2 Å². The predicted molar refractivity (Wildman–Crippen MR) is 52.6 cm³/mol. The van der Waals surface area contributed by atoms with E-state index in [0.29, 0.717) is 5.92 Å². The molecule has 0 radical (unpaired) electrons. The molecule has 0 N–H and O–H groups in total. The maximum absolute atomic E-state index is 4.29. The van der Waals surface area contributed by atoms with Crippen LogP contribution >= 0.6 is 0 Å². The number of rotatable bonds is 1. The van der Waals surface area contributed by atoms with Gasteiger partial charge in [0, 0.05) is 13.2 Å². The lowest BCUT2D eigenvalue weighted by atomic mass is 10.1. The van der Waals surface area contributed by atoms with Crippen LogP contribution in [-0.4, -0.2) is 14.5 Å². The van der Waals surface area contributed by atoms with Crippen LogP contribution in [-0.2, 0) is 7.05 Å². The zero-order valence-electron chi connectivity index (χ0n) is 8.15. The van der Waals surface area contributed by atoms with E-state index in [2.05, 4.69) is 34.6 Å². The van der Waals surface area contributed by atoms with E-state index in [9.17, 15) is 0 Å². The third-order valence-corrected chi connectivity index (χ3v) is 2.30. The third kappa shape index (κ3) is 1.20. The molecular weight excluding hydrogens is 162 g/mol. The Morgan fingerprint density at radius 2 is 2.15 bits per heavy atom. The molecule has 0 saturated carbocycles. The van der Waals surface area contributed by atoms with E-state index in [1.54, 1.807) is 6.33 Å². The summed E-state index contributed by atoms with van der Waals surface area (Å²) in [6.07, 6.45) is 5.59. The van der Waals surface area contributed by atoms with Gasteiger partial charge in [-0.3, -0.25) is 0 Å². The van der Waals surface area contributed by atoms with Gasteiger partial charge in [0.15, 0.2) is 0 Å². The molecule has 0 atom stereocenters. The Labute approximate surface area is 77.4 Å². The van der Waals surface area contributed by atoms with Gasteiger partial charge < -0.3 is 4.57 Å². The standard InChI is InChI=1S/C10H13N3/c1-7(2)8-5-13(3)9-4-11-6-12-10(8)9/h4-7H,1-3H3. The Morgan fingerprint density at radius 1 is 1.38 bits per heavy atom. The minimum absolute atomic E-state index is 0.513. The van der Waals surface area contributed by atoms with Crippen molar-refractivity contribution in [1.29, 1.82) is 0 Å². The molecule has 2 aromatic rings. The van der Waals surface area contributed by atoms with E-state index < -0.39 is 0 Å². The molecule has 0 aliphatic carbocycles. The molecule has 0 amide bonds. The molecule has 2 aromatic heterocycles. The van der Waals surface area contributed by atoms with Crippen LogP contribution in [0, 0.1) is 0 Å². The Hall–Kier alpha value is -1.38. The summed E-state index contributed by atoms with van der Waals surface area (Å²) in [5.74, 6) is 0.513. The molecular formula is C10H13N3. The Balaban J connectivity index is 2.78. The summed E-state index contributed by atoms with van der Waals surface area (Å²) < 4.78 is 2.07. The quantitative estimate of drug-likeness (QED) is 0.664. The summed E-state index contributed by atoms with van der Waals surface area (Å²) in [7, 11) is 2.03. The van der Waals surface area contributed by atoms with Gasteiger partial charge in [0.1, 0.15) is 6.33 Å². The first kappa shape index (κ1) is 8.23. The fourth-order valence-electron chi connectivity index (χ4n) is 1.56. The van der Waals surface area contributed by atoms with Gasteiger partial charge >= 0.3 is 0 Å². The van der Waals surface area contributed by atoms with E-state index >= 15 is 0 Å². The van der Waals surface area contributed by atoms with Crippen molar-refractivity contribution in [2.24, 2.45) is 7.05 Å². The summed E-state index contributed by atoms with van der Waals surface area (Å²) in [6, 6.07) is 0. The van der Waals surface area contributed by atoms with Gasteiger partial charge in [-0.15, -0.1) is 0 Å². The summed E-state index contributed by atoms with van der Waals surface area (Å²) >= 11 is 0. The highest BCUT2D eigenvalue weighted by atomic mass is 15.0. The topological polar surface area (TPSA) is 30.7 Å². The largest absolute Gasteiger partial charge is 0.348 e. The van der Waals surface area contributed by atoms with Crippen LogP contribution in [0.5, 0.6) is 0 Å². The summed E-state index contributed by atoms with van der Waals surface area (Å²) in [5, 5.41) is 0. The molecule has 0 unspecified atom stereocenters. The van der Waals surface area contributed by atoms with Crippen molar-refractivity contribution in [3.8, 4) is 0 Å². The zero-order valence-corrected chi connectivity index (χ0v) is 8.15. The van der Waals surface area contributed by atoms with Crippen LogP contribution in [0.2, 0.25) is 0 Å². The second kappa shape index (κ2) is 2.83. The van der Waals surface area contributed by atoms with Crippen molar-refractivity contribution in [3.63, 3.8) is 0 Å². The maximum atomic E-state index is 4.29. The summed E-state index contributed by atoms with van der Waals surface area (Å²) in [4.78, 5) is 8.31. The highest BCUT2D eigenvalue weighted by Crippen LogP contribution is 2.23. The monoisotopic (exact) mass is 175 g/mol. The van der Waals surface area contributed by atoms with Crippen molar-refractivity contribution < 1.29 is 0 Å². The van der Waals surface area contributed by atoms with Gasteiger partial charge in [0.05, 0.1) is 17.2 Å². The number of aromatic nitrogens is 3. The second-order valence-corrected chi connectivity index (χ2v) is 3.61. The summed E-state index contributed by atoms with van der Waals surface area (Å²) in [6.45, 7) is 4.35. The number of fused-ring (bicyclic) bond motifs is 1. The lowest BCUT2D eigenvalue weighted by molar-refractivity contribution is 0.855. The van der Waals surface area contributed by atoms with Crippen LogP contribution in [0.3, 0.4) is 0 Å². The first-order valence-electron chi connectivity index (χ1n) is 4.45. The minimum atomic E-state index is 0.513. The van der Waals surface area contributed by atoms with Crippen molar-refractivity contribution in [2.45, 2.75) is 19.8 Å². The van der Waals surface area contributed by atoms with Gasteiger partial charge in [-0.05, 0) is 11.5 Å². The number of nitrogens with zero attached hydrogens (tertiary/aromatic N) is 3. The van der Waals surface area contributed by atoms with E-state index in [1.165, 1.54) is 5.56 Å². The molecule has 3 nitrogen and oxygen atoms in total. The fraction of sp³-hybridized carbons (Fsp3) is 0.400. The van der Waals surface area contributed by atoms with Crippen molar-refractivity contribution in [3.05, 3.63) is 24.3 Å². The van der Waals surface area contributed by atoms with Crippen LogP contribution in [0.1, 0.15) is 25.3 Å². The van der Waals surface area contributed by atoms with Gasteiger partial charge in [0.25, 0.3) is 0 Å². The molecule has 0 aliphatic rings. The first-order valence-corrected chi connectivity index (χ1v) is 4.45. The average Bonchev–Trinajstić information content (AvgIpc) is 2.45. The molecule has 68 valence electrons. The van der Waals surface area contributed by atoms with Crippen LogP contribution in [0.4, 0.5) is 0 Å². The molecule has 0 spiro atoms. The zero-order chi connectivity index (χ0) is 9.42. The third-order valence-electron chi connectivity index (χ3n) is 2.30. The van der Waals surface area contributed by atoms with Gasteiger partial charge in [0.2, 0.25) is 0 Å². The van der Waals surface area contributed by atoms with E-state index in [0.717, 1.165) is 11.0 Å². The molecule has 0 aromatic carbocycles. The lowest BCUT2D eigenvalue weighted by Crippen LogP contribution is -1.86.